The van der Waals surface area contributed by atoms with Crippen LogP contribution in [0.1, 0.15) is 11.1 Å². The fraction of sp³-hybridized carbons (Fsp3) is 0.161. The predicted octanol–water partition coefficient (Wildman–Crippen LogP) is 5.17. The van der Waals surface area contributed by atoms with Gasteiger partial charge >= 0.3 is 0 Å². The molecule has 2 amide bonds. The number of halogens is 2. The zero-order valence-corrected chi connectivity index (χ0v) is 24.7. The molecule has 0 aliphatic rings. The average Bonchev–Trinajstić information content (AvgIpc) is 2.98. The van der Waals surface area contributed by atoms with Crippen molar-refractivity contribution in [2.45, 2.75) is 23.9 Å². The molecular weight excluding hydrogens is 609 g/mol. The topological polar surface area (TPSA) is 86.8 Å². The van der Waals surface area contributed by atoms with Crippen molar-refractivity contribution in [2.24, 2.45) is 0 Å². The molecule has 0 unspecified atom stereocenters. The Bertz CT molecular complexity index is 1590. The molecule has 0 fully saturated rings. The molecule has 10 heteroatoms. The molecule has 0 heterocycles. The zero-order valence-electron chi connectivity index (χ0n) is 22.3. The van der Waals surface area contributed by atoms with Crippen LogP contribution in [-0.2, 0) is 32.6 Å². The Morgan fingerprint density at radius 3 is 2.07 bits per heavy atom. The second kappa shape index (κ2) is 13.6. The van der Waals surface area contributed by atoms with E-state index in [-0.39, 0.29) is 23.5 Å². The highest BCUT2D eigenvalue weighted by Gasteiger charge is 2.34. The van der Waals surface area contributed by atoms with E-state index in [0.29, 0.717) is 0 Å². The Kier molecular flexibility index (Phi) is 9.91. The summed E-state index contributed by atoms with van der Waals surface area (Å²) in [5.41, 5.74) is 1.69. The lowest BCUT2D eigenvalue weighted by Gasteiger charge is -2.33. The Morgan fingerprint density at radius 2 is 1.46 bits per heavy atom. The SMILES string of the molecule is CNC(=O)[C@@H](Cc1ccccc1)N(Cc1cccc(Br)c1)C(=O)CN(c1ccc(F)cc1)S(=O)(=O)c1ccccc1. The molecule has 7 nitrogen and oxygen atoms in total. The van der Waals surface area contributed by atoms with Crippen molar-refractivity contribution >= 4 is 43.5 Å². The number of amides is 2. The largest absolute Gasteiger partial charge is 0.357 e. The number of sulfonamides is 1. The minimum atomic E-state index is -4.23. The summed E-state index contributed by atoms with van der Waals surface area (Å²) in [5, 5.41) is 2.65. The van der Waals surface area contributed by atoms with Crippen LogP contribution in [0.2, 0.25) is 0 Å². The number of carbonyl (C=O) groups excluding carboxylic acids is 2. The number of nitrogens with zero attached hydrogens (tertiary/aromatic N) is 2. The summed E-state index contributed by atoms with van der Waals surface area (Å²) in [6, 6.07) is 28.3. The number of carbonyl (C=O) groups is 2. The van der Waals surface area contributed by atoms with Gasteiger partial charge in [-0.3, -0.25) is 13.9 Å². The molecule has 0 bridgehead atoms. The summed E-state index contributed by atoms with van der Waals surface area (Å²) in [6.45, 7) is -0.565. The van der Waals surface area contributed by atoms with Gasteiger partial charge in [0.2, 0.25) is 11.8 Å². The number of hydrogen-bond donors (Lipinski definition) is 1. The Hall–Kier alpha value is -4.02. The van der Waals surface area contributed by atoms with Crippen LogP contribution in [0.5, 0.6) is 0 Å². The first kappa shape index (κ1) is 30.0. The maximum absolute atomic E-state index is 14.2. The average molecular weight is 639 g/mol. The zero-order chi connectivity index (χ0) is 29.4. The van der Waals surface area contributed by atoms with Gasteiger partial charge in [0.05, 0.1) is 10.6 Å². The van der Waals surface area contributed by atoms with Crippen molar-refractivity contribution in [1.29, 1.82) is 0 Å². The first-order valence-corrected chi connectivity index (χ1v) is 15.0. The van der Waals surface area contributed by atoms with Gasteiger partial charge in [-0.2, -0.15) is 0 Å². The lowest BCUT2D eigenvalue weighted by Crippen LogP contribution is -2.53. The van der Waals surface area contributed by atoms with Gasteiger partial charge in [0.15, 0.2) is 0 Å². The number of rotatable bonds is 11. The van der Waals surface area contributed by atoms with Gasteiger partial charge < -0.3 is 10.2 Å². The third-order valence-electron chi connectivity index (χ3n) is 6.48. The molecule has 0 aliphatic carbocycles. The van der Waals surface area contributed by atoms with Crippen molar-refractivity contribution in [2.75, 3.05) is 17.9 Å². The van der Waals surface area contributed by atoms with Crippen LogP contribution in [0.4, 0.5) is 10.1 Å². The van der Waals surface area contributed by atoms with E-state index in [9.17, 15) is 22.4 Å². The maximum Gasteiger partial charge on any atom is 0.264 e. The van der Waals surface area contributed by atoms with Crippen molar-refractivity contribution in [1.82, 2.24) is 10.2 Å². The maximum atomic E-state index is 14.2. The molecular formula is C31H29BrFN3O4S. The summed E-state index contributed by atoms with van der Waals surface area (Å²) in [4.78, 5) is 28.8. The molecule has 212 valence electrons. The van der Waals surface area contributed by atoms with Gasteiger partial charge in [-0.1, -0.05) is 76.6 Å². The highest BCUT2D eigenvalue weighted by molar-refractivity contribution is 9.10. The molecule has 0 spiro atoms. The van der Waals surface area contributed by atoms with Crippen LogP contribution in [0.3, 0.4) is 0 Å². The lowest BCUT2D eigenvalue weighted by molar-refractivity contribution is -0.139. The number of nitrogens with one attached hydrogen (secondary N) is 1. The van der Waals surface area contributed by atoms with E-state index in [2.05, 4.69) is 21.2 Å². The standard InChI is InChI=1S/C31H29BrFN3O4S/c1-34-31(38)29(20-23-9-4-2-5-10-23)35(21-24-11-8-12-25(32)19-24)30(37)22-36(27-17-15-26(33)16-18-27)41(39,40)28-13-6-3-7-14-28/h2-19,29H,20-22H2,1H3,(H,34,38)/t29-/m1/s1. The second-order valence-electron chi connectivity index (χ2n) is 9.27. The van der Waals surface area contributed by atoms with Crippen LogP contribution in [0.25, 0.3) is 0 Å². The number of anilines is 1. The van der Waals surface area contributed by atoms with Gasteiger partial charge in [-0.05, 0) is 59.7 Å². The van der Waals surface area contributed by atoms with E-state index < -0.39 is 40.2 Å². The summed E-state index contributed by atoms with van der Waals surface area (Å²) >= 11 is 3.45. The fourth-order valence-corrected chi connectivity index (χ4v) is 6.29. The molecule has 4 aromatic carbocycles. The van der Waals surface area contributed by atoms with E-state index in [1.54, 1.807) is 18.2 Å². The molecule has 41 heavy (non-hydrogen) atoms. The van der Waals surface area contributed by atoms with Crippen LogP contribution in [0, 0.1) is 5.82 Å². The minimum Gasteiger partial charge on any atom is -0.357 e. The van der Waals surface area contributed by atoms with Crippen molar-refractivity contribution < 1.29 is 22.4 Å². The smallest absolute Gasteiger partial charge is 0.264 e. The van der Waals surface area contributed by atoms with Crippen LogP contribution < -0.4 is 9.62 Å². The summed E-state index contributed by atoms with van der Waals surface area (Å²) in [7, 11) is -2.74. The Morgan fingerprint density at radius 1 is 0.854 bits per heavy atom. The summed E-state index contributed by atoms with van der Waals surface area (Å²) < 4.78 is 43.1. The lowest BCUT2D eigenvalue weighted by atomic mass is 10.0. The van der Waals surface area contributed by atoms with Crippen molar-refractivity contribution in [3.05, 3.63) is 131 Å². The van der Waals surface area contributed by atoms with E-state index in [4.69, 9.17) is 0 Å². The first-order valence-electron chi connectivity index (χ1n) is 12.8. The van der Waals surface area contributed by atoms with Gasteiger partial charge in [0.25, 0.3) is 10.0 Å². The van der Waals surface area contributed by atoms with E-state index >= 15 is 0 Å². The number of benzene rings is 4. The number of hydrogen-bond acceptors (Lipinski definition) is 4. The molecule has 0 saturated heterocycles. The third kappa shape index (κ3) is 7.59. The van der Waals surface area contributed by atoms with Gasteiger partial charge in [-0.25, -0.2) is 12.8 Å². The Labute approximate surface area is 247 Å². The molecule has 4 rings (SSSR count). The highest BCUT2D eigenvalue weighted by Crippen LogP contribution is 2.25. The second-order valence-corrected chi connectivity index (χ2v) is 12.1. The van der Waals surface area contributed by atoms with Gasteiger partial charge in [-0.15, -0.1) is 0 Å². The summed E-state index contributed by atoms with van der Waals surface area (Å²) in [6.07, 6.45) is 0.211. The monoisotopic (exact) mass is 637 g/mol. The molecule has 1 N–H and O–H groups in total. The quantitative estimate of drug-likeness (QED) is 0.246. The first-order chi connectivity index (χ1) is 19.7. The third-order valence-corrected chi connectivity index (χ3v) is 8.77. The molecule has 0 saturated carbocycles. The van der Waals surface area contributed by atoms with Crippen molar-refractivity contribution in [3.63, 3.8) is 0 Å². The van der Waals surface area contributed by atoms with Gasteiger partial charge in [0, 0.05) is 24.5 Å². The van der Waals surface area contributed by atoms with Crippen LogP contribution in [-0.4, -0.2) is 44.8 Å². The van der Waals surface area contributed by atoms with Crippen LogP contribution in [0.15, 0.2) is 119 Å². The molecule has 0 radical (unpaired) electrons. The van der Waals surface area contributed by atoms with Crippen molar-refractivity contribution in [3.8, 4) is 0 Å². The van der Waals surface area contributed by atoms with E-state index in [1.165, 1.54) is 36.2 Å². The normalized spacial score (nSPS) is 11.9. The van der Waals surface area contributed by atoms with Crippen LogP contribution >= 0.6 is 15.9 Å². The minimum absolute atomic E-state index is 0.0252. The highest BCUT2D eigenvalue weighted by atomic mass is 79.9. The Balaban J connectivity index is 1.78. The molecule has 0 aromatic heterocycles. The van der Waals surface area contributed by atoms with Gasteiger partial charge in [0.1, 0.15) is 18.4 Å². The molecule has 1 atom stereocenters. The fourth-order valence-electron chi connectivity index (χ4n) is 4.41. The summed E-state index contributed by atoms with van der Waals surface area (Å²) in [5.74, 6) is -1.54. The van der Waals surface area contributed by atoms with E-state index in [0.717, 1.165) is 32.0 Å². The molecule has 4 aromatic rings. The van der Waals surface area contributed by atoms with E-state index in [1.807, 2.05) is 54.6 Å². The predicted molar refractivity (Wildman–Crippen MR) is 160 cm³/mol. The number of likely N-dealkylation sites (N-methyl/N-ethyl adjacent to an activating group) is 1. The molecule has 0 aliphatic heterocycles.